The molecule has 0 spiro atoms. The van der Waals surface area contributed by atoms with Crippen molar-refractivity contribution in [2.24, 2.45) is 0 Å². The molecule has 0 bridgehead atoms. The summed E-state index contributed by atoms with van der Waals surface area (Å²) < 4.78 is 0. The molecule has 0 unspecified atom stereocenters. The van der Waals surface area contributed by atoms with Crippen LogP contribution in [0, 0.1) is 13.8 Å². The molecule has 88 valence electrons. The number of amides is 1. The highest BCUT2D eigenvalue weighted by Crippen LogP contribution is 2.19. The highest BCUT2D eigenvalue weighted by Gasteiger charge is 2.11. The van der Waals surface area contributed by atoms with Crippen LogP contribution in [-0.2, 0) is 4.79 Å². The van der Waals surface area contributed by atoms with Crippen LogP contribution in [0.3, 0.4) is 0 Å². The zero-order valence-electron chi connectivity index (χ0n) is 10.5. The Labute approximate surface area is 97.5 Å². The fourth-order valence-electron chi connectivity index (χ4n) is 1.67. The van der Waals surface area contributed by atoms with Crippen molar-refractivity contribution in [1.29, 1.82) is 0 Å². The summed E-state index contributed by atoms with van der Waals surface area (Å²) in [4.78, 5) is 13.5. The number of aryl methyl sites for hydroxylation is 2. The lowest BCUT2D eigenvalue weighted by molar-refractivity contribution is -0.117. The van der Waals surface area contributed by atoms with Gasteiger partial charge in [-0.2, -0.15) is 0 Å². The molecule has 3 heteroatoms. The summed E-state index contributed by atoms with van der Waals surface area (Å²) in [6.07, 6.45) is 0. The molecule has 3 nitrogen and oxygen atoms in total. The normalized spacial score (nSPS) is 10.2. The Kier molecular flexibility index (Phi) is 4.50. The van der Waals surface area contributed by atoms with Gasteiger partial charge in [-0.05, 0) is 32.0 Å². The topological polar surface area (TPSA) is 32.3 Å². The monoisotopic (exact) mass is 220 g/mol. The van der Waals surface area contributed by atoms with Gasteiger partial charge in [0, 0.05) is 12.7 Å². The second-order valence-electron chi connectivity index (χ2n) is 4.02. The van der Waals surface area contributed by atoms with E-state index in [0.717, 1.165) is 17.8 Å². The lowest BCUT2D eigenvalue weighted by atomic mass is 10.1. The molecule has 0 fully saturated rings. The Bertz CT molecular complexity index is 374. The number of benzene rings is 1. The summed E-state index contributed by atoms with van der Waals surface area (Å²) >= 11 is 0. The van der Waals surface area contributed by atoms with Gasteiger partial charge >= 0.3 is 0 Å². The van der Waals surface area contributed by atoms with E-state index in [-0.39, 0.29) is 5.91 Å². The molecule has 16 heavy (non-hydrogen) atoms. The second-order valence-corrected chi connectivity index (χ2v) is 4.02. The Morgan fingerprint density at radius 2 is 2.06 bits per heavy atom. The van der Waals surface area contributed by atoms with Gasteiger partial charge < -0.3 is 10.2 Å². The zero-order valence-corrected chi connectivity index (χ0v) is 10.5. The molecule has 1 amide bonds. The number of carbonyl (C=O) groups is 1. The average molecular weight is 220 g/mol. The quantitative estimate of drug-likeness (QED) is 0.840. The first-order valence-electron chi connectivity index (χ1n) is 5.60. The third-order valence-electron chi connectivity index (χ3n) is 2.61. The molecule has 0 atom stereocenters. The average Bonchev–Trinajstić information content (AvgIpc) is 2.25. The van der Waals surface area contributed by atoms with Gasteiger partial charge in [0.25, 0.3) is 0 Å². The van der Waals surface area contributed by atoms with Gasteiger partial charge in [-0.15, -0.1) is 0 Å². The molecule has 1 aromatic rings. The molecule has 0 radical (unpaired) electrons. The molecular formula is C13H20N2O. The minimum Gasteiger partial charge on any atom is -0.314 e. The van der Waals surface area contributed by atoms with E-state index in [1.165, 1.54) is 5.56 Å². The molecule has 0 saturated carbocycles. The number of carbonyl (C=O) groups excluding carboxylic acids is 1. The number of anilines is 1. The van der Waals surface area contributed by atoms with Crippen LogP contribution in [-0.4, -0.2) is 26.0 Å². The Morgan fingerprint density at radius 1 is 1.38 bits per heavy atom. The van der Waals surface area contributed by atoms with Gasteiger partial charge in [-0.25, -0.2) is 0 Å². The van der Waals surface area contributed by atoms with E-state index < -0.39 is 0 Å². The van der Waals surface area contributed by atoms with Gasteiger partial charge in [0.1, 0.15) is 0 Å². The van der Waals surface area contributed by atoms with E-state index in [9.17, 15) is 4.79 Å². The highest BCUT2D eigenvalue weighted by atomic mass is 16.2. The lowest BCUT2D eigenvalue weighted by Gasteiger charge is -2.20. The van der Waals surface area contributed by atoms with Crippen molar-refractivity contribution >= 4 is 11.6 Å². The molecule has 1 N–H and O–H groups in total. The van der Waals surface area contributed by atoms with Crippen LogP contribution in [0.1, 0.15) is 18.1 Å². The third-order valence-corrected chi connectivity index (χ3v) is 2.61. The summed E-state index contributed by atoms with van der Waals surface area (Å²) in [5.74, 6) is 0.0915. The summed E-state index contributed by atoms with van der Waals surface area (Å²) in [6, 6.07) is 6.11. The van der Waals surface area contributed by atoms with E-state index in [4.69, 9.17) is 0 Å². The fraction of sp³-hybridized carbons (Fsp3) is 0.462. The largest absolute Gasteiger partial charge is 0.314 e. The van der Waals surface area contributed by atoms with Crippen LogP contribution < -0.4 is 10.2 Å². The number of rotatable bonds is 4. The maximum atomic E-state index is 11.8. The van der Waals surface area contributed by atoms with Gasteiger partial charge in [-0.3, -0.25) is 4.79 Å². The maximum absolute atomic E-state index is 11.8. The Morgan fingerprint density at radius 3 is 2.62 bits per heavy atom. The van der Waals surface area contributed by atoms with Crippen molar-refractivity contribution in [1.82, 2.24) is 5.32 Å². The van der Waals surface area contributed by atoms with Crippen LogP contribution in [0.2, 0.25) is 0 Å². The van der Waals surface area contributed by atoms with Crippen molar-refractivity contribution in [2.75, 3.05) is 25.0 Å². The number of nitrogens with zero attached hydrogens (tertiary/aromatic N) is 1. The fourth-order valence-corrected chi connectivity index (χ4v) is 1.67. The minimum atomic E-state index is 0.0915. The summed E-state index contributed by atoms with van der Waals surface area (Å²) in [5, 5.41) is 3.04. The summed E-state index contributed by atoms with van der Waals surface area (Å²) in [7, 11) is 1.82. The minimum absolute atomic E-state index is 0.0915. The van der Waals surface area contributed by atoms with Crippen molar-refractivity contribution in [2.45, 2.75) is 20.8 Å². The molecular weight excluding hydrogens is 200 g/mol. The zero-order chi connectivity index (χ0) is 12.1. The van der Waals surface area contributed by atoms with Gasteiger partial charge in [0.15, 0.2) is 0 Å². The first kappa shape index (κ1) is 12.7. The molecule has 0 heterocycles. The lowest BCUT2D eigenvalue weighted by Crippen LogP contribution is -2.35. The number of hydrogen-bond donors (Lipinski definition) is 1. The standard InChI is InChI=1S/C13H20N2O/c1-5-14-9-13(16)15(4)12-7-6-10(2)8-11(12)3/h6-8,14H,5,9H2,1-4H3. The van der Waals surface area contributed by atoms with Crippen molar-refractivity contribution in [3.8, 4) is 0 Å². The highest BCUT2D eigenvalue weighted by molar-refractivity contribution is 5.94. The predicted octanol–water partition coefficient (Wildman–Crippen LogP) is 1.88. The maximum Gasteiger partial charge on any atom is 0.240 e. The van der Waals surface area contributed by atoms with Crippen LogP contribution in [0.25, 0.3) is 0 Å². The van der Waals surface area contributed by atoms with Crippen molar-refractivity contribution in [3.05, 3.63) is 29.3 Å². The summed E-state index contributed by atoms with van der Waals surface area (Å²) in [5.41, 5.74) is 3.33. The van der Waals surface area contributed by atoms with Crippen LogP contribution in [0.4, 0.5) is 5.69 Å². The molecule has 1 aromatic carbocycles. The third kappa shape index (κ3) is 3.07. The van der Waals surface area contributed by atoms with E-state index in [1.54, 1.807) is 4.90 Å². The van der Waals surface area contributed by atoms with E-state index in [2.05, 4.69) is 18.3 Å². The Hall–Kier alpha value is -1.35. The number of hydrogen-bond acceptors (Lipinski definition) is 2. The van der Waals surface area contributed by atoms with Crippen LogP contribution in [0.5, 0.6) is 0 Å². The summed E-state index contributed by atoms with van der Waals surface area (Å²) in [6.45, 7) is 7.27. The molecule has 0 aliphatic rings. The SMILES string of the molecule is CCNCC(=O)N(C)c1ccc(C)cc1C. The molecule has 0 saturated heterocycles. The molecule has 0 aliphatic carbocycles. The Balaban J connectivity index is 2.79. The van der Waals surface area contributed by atoms with Gasteiger partial charge in [0.2, 0.25) is 5.91 Å². The van der Waals surface area contributed by atoms with Gasteiger partial charge in [0.05, 0.1) is 6.54 Å². The van der Waals surface area contributed by atoms with Crippen LogP contribution >= 0.6 is 0 Å². The van der Waals surface area contributed by atoms with Crippen molar-refractivity contribution in [3.63, 3.8) is 0 Å². The first-order valence-corrected chi connectivity index (χ1v) is 5.60. The van der Waals surface area contributed by atoms with Gasteiger partial charge in [-0.1, -0.05) is 24.6 Å². The van der Waals surface area contributed by atoms with Crippen molar-refractivity contribution < 1.29 is 4.79 Å². The number of nitrogens with one attached hydrogen (secondary N) is 1. The second kappa shape index (κ2) is 5.66. The van der Waals surface area contributed by atoms with Crippen LogP contribution in [0.15, 0.2) is 18.2 Å². The first-order chi connectivity index (χ1) is 7.56. The van der Waals surface area contributed by atoms with E-state index in [0.29, 0.717) is 6.54 Å². The number of likely N-dealkylation sites (N-methyl/N-ethyl adjacent to an activating group) is 2. The molecule has 0 aromatic heterocycles. The smallest absolute Gasteiger partial charge is 0.240 e. The molecule has 1 rings (SSSR count). The predicted molar refractivity (Wildman–Crippen MR) is 67.9 cm³/mol. The van der Waals surface area contributed by atoms with E-state index in [1.807, 2.05) is 33.0 Å². The van der Waals surface area contributed by atoms with E-state index >= 15 is 0 Å². The molecule has 0 aliphatic heterocycles.